The van der Waals surface area contributed by atoms with E-state index in [1.54, 1.807) is 0 Å². The molecule has 0 saturated carbocycles. The summed E-state index contributed by atoms with van der Waals surface area (Å²) >= 11 is -0.826. The second-order valence-electron chi connectivity index (χ2n) is 16.4. The molecule has 2 atom stereocenters. The van der Waals surface area contributed by atoms with Gasteiger partial charge in [0.2, 0.25) is 0 Å². The summed E-state index contributed by atoms with van der Waals surface area (Å²) in [6, 6.07) is 46.8. The molecule has 0 saturated heterocycles. The van der Waals surface area contributed by atoms with E-state index < -0.39 is 20.8 Å². The molecule has 0 spiro atoms. The van der Waals surface area contributed by atoms with Crippen LogP contribution in [-0.2, 0) is 20.8 Å². The van der Waals surface area contributed by atoms with Gasteiger partial charge in [0.15, 0.2) is 0 Å². The number of furan rings is 2. The van der Waals surface area contributed by atoms with Gasteiger partial charge in [-0.1, -0.05) is 84.9 Å². The topological polar surface area (TPSA) is 26.3 Å². The number of hydrogen-bond acceptors (Lipinski definition) is 2. The first-order chi connectivity index (χ1) is 29.1. The molecule has 2 aliphatic rings. The summed E-state index contributed by atoms with van der Waals surface area (Å²) < 4.78 is 12.8. The van der Waals surface area contributed by atoms with Gasteiger partial charge < -0.3 is 8.83 Å². The van der Waals surface area contributed by atoms with Crippen molar-refractivity contribution >= 4 is 71.4 Å². The SMILES string of the molecule is Cc1ccc(C2=Cc3c(cc(C)c(C)c3-c3ccc4ccccc4c3)C2C[Si]CC2C(c3ccc(C)o3)=Cc3c2cc(C)c(C)c3-c2ccc3ccccc3c2)o1.[Cl][Zr][Cl]. The molecule has 0 aliphatic heterocycles. The van der Waals surface area contributed by atoms with Gasteiger partial charge in [-0.3, -0.25) is 0 Å². The summed E-state index contributed by atoms with van der Waals surface area (Å²) in [5, 5.41) is 5.08. The first-order valence-electron chi connectivity index (χ1n) is 20.6. The molecule has 2 aliphatic carbocycles. The molecule has 2 radical (unpaired) electrons. The molecule has 10 rings (SSSR count). The van der Waals surface area contributed by atoms with Gasteiger partial charge in [-0.25, -0.2) is 0 Å². The van der Waals surface area contributed by atoms with Crippen LogP contribution in [0.25, 0.3) is 67.1 Å². The fourth-order valence-electron chi connectivity index (χ4n) is 9.57. The Morgan fingerprint density at radius 3 is 1.28 bits per heavy atom. The zero-order valence-electron chi connectivity index (χ0n) is 34.8. The van der Waals surface area contributed by atoms with Crippen LogP contribution >= 0.6 is 17.0 Å². The van der Waals surface area contributed by atoms with E-state index in [1.807, 2.05) is 0 Å². The average Bonchev–Trinajstić information content (AvgIpc) is 4.04. The first kappa shape index (κ1) is 40.9. The Kier molecular flexibility index (Phi) is 11.7. The molecule has 0 fully saturated rings. The number of halogens is 2. The van der Waals surface area contributed by atoms with Crippen molar-refractivity contribution in [2.24, 2.45) is 0 Å². The Balaban J connectivity index is 0.00000150. The van der Waals surface area contributed by atoms with Crippen molar-refractivity contribution in [2.45, 2.75) is 65.5 Å². The van der Waals surface area contributed by atoms with Crippen LogP contribution in [-0.4, -0.2) is 9.52 Å². The monoisotopic (exact) mass is 914 g/mol. The van der Waals surface area contributed by atoms with Crippen molar-refractivity contribution in [3.8, 4) is 22.3 Å². The quantitative estimate of drug-likeness (QED) is 0.142. The second-order valence-corrected chi connectivity index (χ2v) is 21.4. The average molecular weight is 917 g/mol. The van der Waals surface area contributed by atoms with Crippen LogP contribution < -0.4 is 0 Å². The maximum atomic E-state index is 6.42. The van der Waals surface area contributed by atoms with Crippen LogP contribution in [0.3, 0.4) is 0 Å². The number of aryl methyl sites for hydroxylation is 4. The first-order valence-corrected chi connectivity index (χ1v) is 28.4. The van der Waals surface area contributed by atoms with Crippen molar-refractivity contribution in [2.75, 3.05) is 0 Å². The minimum atomic E-state index is -0.826. The molecule has 2 aromatic heterocycles. The fourth-order valence-corrected chi connectivity index (χ4v) is 11.2. The molecule has 60 heavy (non-hydrogen) atoms. The predicted octanol–water partition coefficient (Wildman–Crippen LogP) is 16.3. The standard InChI is InChI=1S/C54H46O2Si.2ClH.Zr/c1-31-23-43-47(53(35(31)5)41-19-17-37-11-7-9-13-39(37)25-41)27-45(51-21-15-33(3)55-51)49(43)29-57-30-50-44-24-32(2)36(6)54(42-20-18-38-12-8-10-14-40(38)26-42)48(44)28-46(50)52-22-16-34(4)56-52;;;/h7-28,49-50H,29-30H2,1-6H3;2*1H;/q;;;+2/p-2. The molecule has 6 aromatic carbocycles. The molecule has 296 valence electrons. The van der Waals surface area contributed by atoms with Crippen molar-refractivity contribution in [1.29, 1.82) is 0 Å². The zero-order valence-corrected chi connectivity index (χ0v) is 39.8. The van der Waals surface area contributed by atoms with Crippen LogP contribution in [0.2, 0.25) is 12.1 Å². The van der Waals surface area contributed by atoms with Gasteiger partial charge in [0.1, 0.15) is 23.0 Å². The van der Waals surface area contributed by atoms with Crippen molar-refractivity contribution in [1.82, 2.24) is 0 Å². The van der Waals surface area contributed by atoms with Gasteiger partial charge in [0, 0.05) is 32.5 Å². The normalized spacial score (nSPS) is 15.4. The fraction of sp³-hybridized carbons (Fsp3) is 0.185. The second kappa shape index (κ2) is 17.1. The third-order valence-corrected chi connectivity index (χ3v) is 14.2. The number of benzene rings is 6. The molecule has 2 unspecified atom stereocenters. The minimum absolute atomic E-state index is 0.245. The van der Waals surface area contributed by atoms with Gasteiger partial charge in [0.05, 0.1) is 0 Å². The maximum absolute atomic E-state index is 6.42. The number of fused-ring (bicyclic) bond motifs is 4. The Bertz CT molecular complexity index is 2800. The van der Waals surface area contributed by atoms with E-state index in [0.29, 0.717) is 0 Å². The molecule has 0 N–H and O–H groups in total. The predicted molar refractivity (Wildman–Crippen MR) is 253 cm³/mol. The van der Waals surface area contributed by atoms with E-state index in [0.717, 1.165) is 44.6 Å². The summed E-state index contributed by atoms with van der Waals surface area (Å²) in [6.07, 6.45) is 4.90. The summed E-state index contributed by atoms with van der Waals surface area (Å²) in [5.41, 5.74) is 18.7. The Labute approximate surface area is 374 Å². The molecular weight excluding hydrogens is 871 g/mol. The van der Waals surface area contributed by atoms with Gasteiger partial charge in [-0.05, 0) is 190 Å². The molecule has 6 heteroatoms. The van der Waals surface area contributed by atoms with Crippen LogP contribution in [0.1, 0.15) is 79.4 Å². The van der Waals surface area contributed by atoms with E-state index >= 15 is 0 Å². The van der Waals surface area contributed by atoms with Gasteiger partial charge >= 0.3 is 37.9 Å². The van der Waals surface area contributed by atoms with E-state index in [9.17, 15) is 0 Å². The number of hydrogen-bond donors (Lipinski definition) is 0. The third kappa shape index (κ3) is 7.60. The van der Waals surface area contributed by atoms with E-state index in [4.69, 9.17) is 25.9 Å². The van der Waals surface area contributed by atoms with Crippen molar-refractivity contribution in [3.05, 3.63) is 189 Å². The summed E-state index contributed by atoms with van der Waals surface area (Å²) in [5.74, 6) is 4.36. The van der Waals surface area contributed by atoms with Gasteiger partial charge in [-0.2, -0.15) is 0 Å². The zero-order chi connectivity index (χ0) is 41.7. The van der Waals surface area contributed by atoms with Crippen molar-refractivity contribution in [3.63, 3.8) is 0 Å². The van der Waals surface area contributed by atoms with Crippen LogP contribution in [0.4, 0.5) is 0 Å². The number of rotatable bonds is 8. The third-order valence-electron chi connectivity index (χ3n) is 12.8. The molecule has 8 aromatic rings. The molecule has 2 heterocycles. The number of allylic oxidation sites excluding steroid dienone is 2. The Morgan fingerprint density at radius 2 is 0.900 bits per heavy atom. The molecule has 0 bridgehead atoms. The Hall–Kier alpha value is -4.44. The van der Waals surface area contributed by atoms with Crippen LogP contribution in [0, 0.1) is 41.5 Å². The molecule has 2 nitrogen and oxygen atoms in total. The summed E-state index contributed by atoms with van der Waals surface area (Å²) in [4.78, 5) is 0. The van der Waals surface area contributed by atoms with E-state index in [-0.39, 0.29) is 11.8 Å². The summed E-state index contributed by atoms with van der Waals surface area (Å²) in [7, 11) is 10.6. The van der Waals surface area contributed by atoms with Gasteiger partial charge in [-0.15, -0.1) is 0 Å². The van der Waals surface area contributed by atoms with Crippen LogP contribution in [0.5, 0.6) is 0 Å². The van der Waals surface area contributed by atoms with E-state index in [1.165, 1.54) is 99.5 Å². The molecular formula is C54H46Cl2O2SiZr. The molecule has 0 amide bonds. The summed E-state index contributed by atoms with van der Waals surface area (Å²) in [6.45, 7) is 13.2. The van der Waals surface area contributed by atoms with Crippen molar-refractivity contribution < 1.29 is 29.7 Å². The Morgan fingerprint density at radius 1 is 0.500 bits per heavy atom. The van der Waals surface area contributed by atoms with E-state index in [2.05, 4.69) is 175 Å². The van der Waals surface area contributed by atoms with Crippen LogP contribution in [0.15, 0.2) is 130 Å². The van der Waals surface area contributed by atoms with Gasteiger partial charge in [0.25, 0.3) is 0 Å².